The predicted molar refractivity (Wildman–Crippen MR) is 155 cm³/mol. The first kappa shape index (κ1) is 22.7. The van der Waals surface area contributed by atoms with Gasteiger partial charge < -0.3 is 5.32 Å². The van der Waals surface area contributed by atoms with Crippen LogP contribution in [-0.4, -0.2) is 9.97 Å². The highest BCUT2D eigenvalue weighted by molar-refractivity contribution is 7.23. The van der Waals surface area contributed by atoms with Gasteiger partial charge >= 0.3 is 0 Å². The number of nitrogens with one attached hydrogen (secondary N) is 1. The Labute approximate surface area is 219 Å². The number of aromatic nitrogens is 2. The molecular formula is C31H25N3S2. The number of hydrogen-bond donors (Lipinski definition) is 1. The SMILES string of the molecule is Cc1cccc(-c2nc(-c3cc(C)cs3)sc2-c2ccnc(NCc3ccc4ccccc4c3)c2)c1. The molecule has 6 rings (SSSR count). The fourth-order valence-corrected chi connectivity index (χ4v) is 6.41. The molecule has 6 aromatic rings. The lowest BCUT2D eigenvalue weighted by Crippen LogP contribution is -2.01. The van der Waals surface area contributed by atoms with E-state index < -0.39 is 0 Å². The molecule has 1 N–H and O–H groups in total. The van der Waals surface area contributed by atoms with Crippen molar-refractivity contribution in [3.05, 3.63) is 113 Å². The molecule has 3 heterocycles. The Bertz CT molecular complexity index is 1680. The monoisotopic (exact) mass is 503 g/mol. The number of anilines is 1. The molecular weight excluding hydrogens is 478 g/mol. The first-order valence-corrected chi connectivity index (χ1v) is 13.6. The molecule has 3 aromatic heterocycles. The van der Waals surface area contributed by atoms with Gasteiger partial charge in [0.2, 0.25) is 0 Å². The highest BCUT2D eigenvalue weighted by Gasteiger charge is 2.18. The van der Waals surface area contributed by atoms with Crippen molar-refractivity contribution in [1.82, 2.24) is 9.97 Å². The van der Waals surface area contributed by atoms with E-state index in [4.69, 9.17) is 4.98 Å². The number of thiophene rings is 1. The zero-order valence-electron chi connectivity index (χ0n) is 20.2. The Balaban J connectivity index is 1.34. The minimum Gasteiger partial charge on any atom is -0.366 e. The zero-order chi connectivity index (χ0) is 24.5. The Morgan fingerprint density at radius 1 is 0.778 bits per heavy atom. The van der Waals surface area contributed by atoms with Gasteiger partial charge in [0, 0.05) is 18.3 Å². The molecule has 0 atom stereocenters. The van der Waals surface area contributed by atoms with E-state index in [1.165, 1.54) is 32.3 Å². The average molecular weight is 504 g/mol. The summed E-state index contributed by atoms with van der Waals surface area (Å²) < 4.78 is 0. The van der Waals surface area contributed by atoms with Gasteiger partial charge in [-0.1, -0.05) is 60.2 Å². The van der Waals surface area contributed by atoms with Crippen LogP contribution in [0.15, 0.2) is 96.5 Å². The lowest BCUT2D eigenvalue weighted by atomic mass is 10.1. The van der Waals surface area contributed by atoms with Gasteiger partial charge in [-0.3, -0.25) is 0 Å². The molecule has 0 aliphatic heterocycles. The molecule has 0 aliphatic rings. The van der Waals surface area contributed by atoms with Crippen LogP contribution in [0.3, 0.4) is 0 Å². The van der Waals surface area contributed by atoms with Gasteiger partial charge in [0.25, 0.3) is 0 Å². The summed E-state index contributed by atoms with van der Waals surface area (Å²) >= 11 is 3.50. The average Bonchev–Trinajstić information content (AvgIpc) is 3.54. The van der Waals surface area contributed by atoms with Gasteiger partial charge in [0.1, 0.15) is 10.8 Å². The Morgan fingerprint density at radius 3 is 2.50 bits per heavy atom. The molecule has 0 saturated heterocycles. The van der Waals surface area contributed by atoms with E-state index in [-0.39, 0.29) is 0 Å². The van der Waals surface area contributed by atoms with Crippen LogP contribution in [0.2, 0.25) is 0 Å². The van der Waals surface area contributed by atoms with E-state index in [0.29, 0.717) is 6.54 Å². The van der Waals surface area contributed by atoms with Gasteiger partial charge in [-0.15, -0.1) is 22.7 Å². The molecule has 0 radical (unpaired) electrons. The smallest absolute Gasteiger partial charge is 0.134 e. The molecule has 0 unspecified atom stereocenters. The van der Waals surface area contributed by atoms with Gasteiger partial charge in [-0.2, -0.15) is 0 Å². The number of aryl methyl sites for hydroxylation is 2. The lowest BCUT2D eigenvalue weighted by molar-refractivity contribution is 1.12. The van der Waals surface area contributed by atoms with Gasteiger partial charge in [0.15, 0.2) is 0 Å². The summed E-state index contributed by atoms with van der Waals surface area (Å²) in [5.74, 6) is 0.859. The summed E-state index contributed by atoms with van der Waals surface area (Å²) in [4.78, 5) is 12.1. The summed E-state index contributed by atoms with van der Waals surface area (Å²) in [6, 6.07) is 30.1. The van der Waals surface area contributed by atoms with E-state index in [0.717, 1.165) is 32.5 Å². The standard InChI is InChI=1S/C31H25N3S2/c1-20-6-5-9-25(14-20)29-30(36-31(34-29)27-15-21(2)19-35-27)26-12-13-32-28(17-26)33-18-22-10-11-23-7-3-4-8-24(23)16-22/h3-17,19H,18H2,1-2H3,(H,32,33). The van der Waals surface area contributed by atoms with Crippen LogP contribution in [0.25, 0.3) is 42.4 Å². The summed E-state index contributed by atoms with van der Waals surface area (Å²) in [6.07, 6.45) is 1.88. The first-order valence-electron chi connectivity index (χ1n) is 11.9. The van der Waals surface area contributed by atoms with Crippen molar-refractivity contribution < 1.29 is 0 Å². The molecule has 0 fully saturated rings. The fourth-order valence-electron chi connectivity index (χ4n) is 4.36. The minimum absolute atomic E-state index is 0.717. The second-order valence-electron chi connectivity index (χ2n) is 9.02. The molecule has 176 valence electrons. The Kier molecular flexibility index (Phi) is 6.09. The maximum Gasteiger partial charge on any atom is 0.134 e. The molecule has 36 heavy (non-hydrogen) atoms. The number of fused-ring (bicyclic) bond motifs is 1. The van der Waals surface area contributed by atoms with Crippen LogP contribution in [0.1, 0.15) is 16.7 Å². The van der Waals surface area contributed by atoms with Crippen molar-refractivity contribution in [3.8, 4) is 31.6 Å². The van der Waals surface area contributed by atoms with Gasteiger partial charge in [-0.05, 0) is 77.0 Å². The summed E-state index contributed by atoms with van der Waals surface area (Å²) in [6.45, 7) is 4.97. The first-order chi connectivity index (χ1) is 17.6. The number of rotatable bonds is 6. The van der Waals surface area contributed by atoms with Crippen molar-refractivity contribution in [2.24, 2.45) is 0 Å². The summed E-state index contributed by atoms with van der Waals surface area (Å²) in [5.41, 5.74) is 7.02. The van der Waals surface area contributed by atoms with Crippen LogP contribution in [0.5, 0.6) is 0 Å². The van der Waals surface area contributed by atoms with Crippen LogP contribution < -0.4 is 5.32 Å². The molecule has 0 amide bonds. The quantitative estimate of drug-likeness (QED) is 0.246. The van der Waals surface area contributed by atoms with Crippen LogP contribution >= 0.6 is 22.7 Å². The lowest BCUT2D eigenvalue weighted by Gasteiger charge is -2.09. The Morgan fingerprint density at radius 2 is 1.67 bits per heavy atom. The van der Waals surface area contributed by atoms with Gasteiger partial charge in [-0.25, -0.2) is 9.97 Å². The number of benzene rings is 3. The summed E-state index contributed by atoms with van der Waals surface area (Å²) in [7, 11) is 0. The molecule has 3 nitrogen and oxygen atoms in total. The van der Waals surface area contributed by atoms with Crippen molar-refractivity contribution >= 4 is 39.3 Å². The predicted octanol–water partition coefficient (Wildman–Crippen LogP) is 8.98. The van der Waals surface area contributed by atoms with Crippen LogP contribution in [0.4, 0.5) is 5.82 Å². The highest BCUT2D eigenvalue weighted by Crippen LogP contribution is 2.42. The number of pyridine rings is 1. The third-order valence-corrected chi connectivity index (χ3v) is 8.49. The molecule has 0 bridgehead atoms. The Hall–Kier alpha value is -3.80. The molecule has 0 spiro atoms. The maximum atomic E-state index is 5.12. The molecule has 0 aliphatic carbocycles. The number of nitrogens with zero attached hydrogens (tertiary/aromatic N) is 2. The van der Waals surface area contributed by atoms with E-state index in [1.54, 1.807) is 22.7 Å². The second-order valence-corrected chi connectivity index (χ2v) is 10.9. The molecule has 5 heteroatoms. The summed E-state index contributed by atoms with van der Waals surface area (Å²) in [5, 5.41) is 9.27. The third kappa shape index (κ3) is 4.68. The van der Waals surface area contributed by atoms with Crippen molar-refractivity contribution in [2.75, 3.05) is 5.32 Å². The van der Waals surface area contributed by atoms with E-state index in [2.05, 4.69) is 114 Å². The van der Waals surface area contributed by atoms with E-state index >= 15 is 0 Å². The maximum absolute atomic E-state index is 5.12. The van der Waals surface area contributed by atoms with E-state index in [9.17, 15) is 0 Å². The highest BCUT2D eigenvalue weighted by atomic mass is 32.1. The van der Waals surface area contributed by atoms with Crippen molar-refractivity contribution in [1.29, 1.82) is 0 Å². The van der Waals surface area contributed by atoms with Crippen LogP contribution in [0, 0.1) is 13.8 Å². The largest absolute Gasteiger partial charge is 0.366 e. The van der Waals surface area contributed by atoms with Gasteiger partial charge in [0.05, 0.1) is 15.4 Å². The third-order valence-electron chi connectivity index (χ3n) is 6.17. The second kappa shape index (κ2) is 9.69. The van der Waals surface area contributed by atoms with E-state index in [1.807, 2.05) is 6.20 Å². The normalized spacial score (nSPS) is 11.2. The molecule has 3 aromatic carbocycles. The number of thiazole rings is 1. The minimum atomic E-state index is 0.717. The fraction of sp³-hybridized carbons (Fsp3) is 0.0968. The van der Waals surface area contributed by atoms with Crippen molar-refractivity contribution in [3.63, 3.8) is 0 Å². The zero-order valence-corrected chi connectivity index (χ0v) is 21.8. The van der Waals surface area contributed by atoms with Crippen LogP contribution in [-0.2, 0) is 6.54 Å². The van der Waals surface area contributed by atoms with Crippen molar-refractivity contribution in [2.45, 2.75) is 20.4 Å². The molecule has 0 saturated carbocycles. The number of hydrogen-bond acceptors (Lipinski definition) is 5. The topological polar surface area (TPSA) is 37.8 Å².